The highest BCUT2D eigenvalue weighted by Gasteiger charge is 2.27. The van der Waals surface area contributed by atoms with Crippen molar-refractivity contribution in [3.8, 4) is 0 Å². The summed E-state index contributed by atoms with van der Waals surface area (Å²) < 4.78 is 0. The summed E-state index contributed by atoms with van der Waals surface area (Å²) in [6.07, 6.45) is 6.81. The van der Waals surface area contributed by atoms with Crippen LogP contribution in [0.2, 0.25) is 0 Å². The van der Waals surface area contributed by atoms with Gasteiger partial charge in [-0.25, -0.2) is 0 Å². The smallest absolute Gasteiger partial charge is 0.0208 e. The van der Waals surface area contributed by atoms with Crippen LogP contribution in [0.1, 0.15) is 49.3 Å². The van der Waals surface area contributed by atoms with Gasteiger partial charge in [0.05, 0.1) is 0 Å². The summed E-state index contributed by atoms with van der Waals surface area (Å²) >= 11 is 0. The molecule has 2 aliphatic rings. The number of hydrogen-bond acceptors (Lipinski definition) is 2. The van der Waals surface area contributed by atoms with Gasteiger partial charge in [0.2, 0.25) is 0 Å². The number of fused-ring (bicyclic) bond motifs is 1. The minimum absolute atomic E-state index is 0.551. The van der Waals surface area contributed by atoms with Crippen molar-refractivity contribution in [3.63, 3.8) is 0 Å². The van der Waals surface area contributed by atoms with Crippen molar-refractivity contribution in [1.82, 2.24) is 10.6 Å². The zero-order valence-corrected chi connectivity index (χ0v) is 12.1. The van der Waals surface area contributed by atoms with Gasteiger partial charge in [0.1, 0.15) is 0 Å². The summed E-state index contributed by atoms with van der Waals surface area (Å²) in [4.78, 5) is 0. The number of benzene rings is 1. The third kappa shape index (κ3) is 3.18. The van der Waals surface area contributed by atoms with E-state index in [-0.39, 0.29) is 0 Å². The van der Waals surface area contributed by atoms with Gasteiger partial charge in [0, 0.05) is 19.6 Å². The van der Waals surface area contributed by atoms with Gasteiger partial charge in [-0.3, -0.25) is 0 Å². The Morgan fingerprint density at radius 1 is 1.21 bits per heavy atom. The van der Waals surface area contributed by atoms with Gasteiger partial charge >= 0.3 is 0 Å². The Kier molecular flexibility index (Phi) is 3.90. The second kappa shape index (κ2) is 5.64. The largest absolute Gasteiger partial charge is 0.312 e. The van der Waals surface area contributed by atoms with Crippen LogP contribution in [0.3, 0.4) is 0 Å². The fourth-order valence-corrected chi connectivity index (χ4v) is 3.56. The van der Waals surface area contributed by atoms with Gasteiger partial charge in [-0.05, 0) is 47.9 Å². The van der Waals surface area contributed by atoms with Gasteiger partial charge in [0.25, 0.3) is 0 Å². The molecule has 1 aromatic rings. The molecule has 0 spiro atoms. The summed E-state index contributed by atoms with van der Waals surface area (Å²) in [5, 5.41) is 7.13. The highest BCUT2D eigenvalue weighted by molar-refractivity contribution is 5.33. The van der Waals surface area contributed by atoms with Crippen molar-refractivity contribution in [1.29, 1.82) is 0 Å². The Morgan fingerprint density at radius 3 is 2.89 bits per heavy atom. The molecule has 0 atom stereocenters. The quantitative estimate of drug-likeness (QED) is 0.867. The standard InChI is InChI=1S/C17H26N2/c1-17(7-2-3-8-17)13-19-11-14-4-5-15-6-9-18-12-16(15)10-14/h4-5,10,18-19H,2-3,6-9,11-13H2,1H3. The molecule has 1 fully saturated rings. The molecule has 1 aromatic carbocycles. The zero-order valence-electron chi connectivity index (χ0n) is 12.1. The maximum absolute atomic E-state index is 3.67. The molecule has 1 heterocycles. The van der Waals surface area contributed by atoms with E-state index in [1.807, 2.05) is 0 Å². The Balaban J connectivity index is 1.55. The molecule has 104 valence electrons. The van der Waals surface area contributed by atoms with Crippen LogP contribution in [-0.4, -0.2) is 13.1 Å². The maximum atomic E-state index is 3.67. The van der Waals surface area contributed by atoms with E-state index in [4.69, 9.17) is 0 Å². The highest BCUT2D eigenvalue weighted by atomic mass is 14.9. The van der Waals surface area contributed by atoms with Crippen molar-refractivity contribution in [3.05, 3.63) is 34.9 Å². The van der Waals surface area contributed by atoms with Gasteiger partial charge < -0.3 is 10.6 Å². The second-order valence-corrected chi connectivity index (χ2v) is 6.65. The van der Waals surface area contributed by atoms with E-state index in [1.165, 1.54) is 55.3 Å². The minimum atomic E-state index is 0.551. The van der Waals surface area contributed by atoms with Gasteiger partial charge in [-0.2, -0.15) is 0 Å². The first-order valence-corrected chi connectivity index (χ1v) is 7.77. The van der Waals surface area contributed by atoms with Crippen LogP contribution in [0, 0.1) is 5.41 Å². The monoisotopic (exact) mass is 258 g/mol. The molecule has 2 nitrogen and oxygen atoms in total. The molecule has 0 aromatic heterocycles. The third-order valence-electron chi connectivity index (χ3n) is 4.85. The van der Waals surface area contributed by atoms with Crippen molar-refractivity contribution >= 4 is 0 Å². The summed E-state index contributed by atoms with van der Waals surface area (Å²) in [7, 11) is 0. The van der Waals surface area contributed by atoms with Gasteiger partial charge in [-0.15, -0.1) is 0 Å². The summed E-state index contributed by atoms with van der Waals surface area (Å²) in [5.41, 5.74) is 5.02. The van der Waals surface area contributed by atoms with Crippen LogP contribution in [0.15, 0.2) is 18.2 Å². The Morgan fingerprint density at radius 2 is 2.05 bits per heavy atom. The van der Waals surface area contributed by atoms with Crippen LogP contribution < -0.4 is 10.6 Å². The lowest BCUT2D eigenvalue weighted by molar-refractivity contribution is 0.314. The summed E-state index contributed by atoms with van der Waals surface area (Å²) in [5.74, 6) is 0. The second-order valence-electron chi connectivity index (χ2n) is 6.65. The molecular weight excluding hydrogens is 232 g/mol. The third-order valence-corrected chi connectivity index (χ3v) is 4.85. The van der Waals surface area contributed by atoms with Crippen LogP contribution >= 0.6 is 0 Å². The minimum Gasteiger partial charge on any atom is -0.312 e. The molecule has 0 saturated heterocycles. The molecule has 0 bridgehead atoms. The van der Waals surface area contributed by atoms with E-state index in [2.05, 4.69) is 35.8 Å². The molecule has 1 aliphatic heterocycles. The zero-order chi connectivity index (χ0) is 13.1. The van der Waals surface area contributed by atoms with Crippen molar-refractivity contribution < 1.29 is 0 Å². The lowest BCUT2D eigenvalue weighted by Crippen LogP contribution is -2.29. The average Bonchev–Trinajstić information content (AvgIpc) is 2.86. The Labute approximate surface area is 117 Å². The van der Waals surface area contributed by atoms with E-state index >= 15 is 0 Å². The van der Waals surface area contributed by atoms with Gasteiger partial charge in [-0.1, -0.05) is 38.0 Å². The average molecular weight is 258 g/mol. The molecule has 2 N–H and O–H groups in total. The Bertz CT molecular complexity index is 433. The SMILES string of the molecule is CC1(CNCc2ccc3c(c2)CNCC3)CCCC1. The molecule has 1 saturated carbocycles. The van der Waals surface area contributed by atoms with E-state index in [1.54, 1.807) is 0 Å². The van der Waals surface area contributed by atoms with E-state index in [0.717, 1.165) is 19.6 Å². The molecule has 1 aliphatic carbocycles. The van der Waals surface area contributed by atoms with Crippen molar-refractivity contribution in [2.75, 3.05) is 13.1 Å². The predicted octanol–water partition coefficient (Wildman–Crippen LogP) is 3.00. The number of nitrogens with one attached hydrogen (secondary N) is 2. The summed E-state index contributed by atoms with van der Waals surface area (Å²) in [6.45, 7) is 6.79. The van der Waals surface area contributed by atoms with Gasteiger partial charge in [0.15, 0.2) is 0 Å². The fourth-order valence-electron chi connectivity index (χ4n) is 3.56. The normalized spacial score (nSPS) is 21.3. The van der Waals surface area contributed by atoms with Crippen LogP contribution in [-0.2, 0) is 19.5 Å². The molecule has 2 heteroatoms. The van der Waals surface area contributed by atoms with Crippen molar-refractivity contribution in [2.24, 2.45) is 5.41 Å². The molecule has 3 rings (SSSR count). The Hall–Kier alpha value is -0.860. The van der Waals surface area contributed by atoms with E-state index in [0.29, 0.717) is 5.41 Å². The number of rotatable bonds is 4. The first kappa shape index (κ1) is 13.1. The topological polar surface area (TPSA) is 24.1 Å². The molecular formula is C17H26N2. The molecule has 19 heavy (non-hydrogen) atoms. The molecule has 0 radical (unpaired) electrons. The first-order chi connectivity index (χ1) is 9.25. The number of hydrogen-bond donors (Lipinski definition) is 2. The van der Waals surface area contributed by atoms with Crippen molar-refractivity contribution in [2.45, 2.75) is 52.1 Å². The fraction of sp³-hybridized carbons (Fsp3) is 0.647. The molecule has 0 amide bonds. The van der Waals surface area contributed by atoms with E-state index in [9.17, 15) is 0 Å². The summed E-state index contributed by atoms with van der Waals surface area (Å²) in [6, 6.07) is 7.00. The lowest BCUT2D eigenvalue weighted by Gasteiger charge is -2.24. The van der Waals surface area contributed by atoms with E-state index < -0.39 is 0 Å². The first-order valence-electron chi connectivity index (χ1n) is 7.77. The van der Waals surface area contributed by atoms with Crippen LogP contribution in [0.25, 0.3) is 0 Å². The molecule has 0 unspecified atom stereocenters. The highest BCUT2D eigenvalue weighted by Crippen LogP contribution is 2.36. The lowest BCUT2D eigenvalue weighted by atomic mass is 9.89. The predicted molar refractivity (Wildman–Crippen MR) is 80.1 cm³/mol. The van der Waals surface area contributed by atoms with Crippen LogP contribution in [0.5, 0.6) is 0 Å². The maximum Gasteiger partial charge on any atom is 0.0208 e. The van der Waals surface area contributed by atoms with Crippen LogP contribution in [0.4, 0.5) is 0 Å².